The second-order valence-electron chi connectivity index (χ2n) is 4.40. The maximum atomic E-state index is 12.0. The van der Waals surface area contributed by atoms with Gasteiger partial charge >= 0.3 is 6.18 Å². The van der Waals surface area contributed by atoms with Crippen LogP contribution in [0.3, 0.4) is 0 Å². The number of rotatable bonds is 5. The number of hydrogen-bond acceptors (Lipinski definition) is 1. The topological polar surface area (TPSA) is 9.23 Å². The average molecular weight is 325 g/mol. The standard InChI is InChI=1S/C13H16BrF3O/c1-9(2)11-8-10(14)4-5-12(11)18-7-3-6-13(15,16)17/h4-5,8-9H,3,6-7H2,1-2H3. The third-order valence-electron chi connectivity index (χ3n) is 2.46. The van der Waals surface area contributed by atoms with Crippen LogP contribution in [0.4, 0.5) is 13.2 Å². The van der Waals surface area contributed by atoms with E-state index in [1.807, 2.05) is 26.0 Å². The molecule has 0 atom stereocenters. The van der Waals surface area contributed by atoms with E-state index in [0.29, 0.717) is 5.75 Å². The van der Waals surface area contributed by atoms with Gasteiger partial charge in [-0.25, -0.2) is 0 Å². The van der Waals surface area contributed by atoms with Crippen molar-refractivity contribution in [2.75, 3.05) is 6.61 Å². The number of hydrogen-bond donors (Lipinski definition) is 0. The summed E-state index contributed by atoms with van der Waals surface area (Å²) in [7, 11) is 0. The van der Waals surface area contributed by atoms with Gasteiger partial charge in [0.15, 0.2) is 0 Å². The number of ether oxygens (including phenoxy) is 1. The highest BCUT2D eigenvalue weighted by Crippen LogP contribution is 2.30. The van der Waals surface area contributed by atoms with E-state index < -0.39 is 12.6 Å². The predicted octanol–water partition coefficient (Wildman–Crippen LogP) is 5.29. The van der Waals surface area contributed by atoms with Crippen LogP contribution in [0.2, 0.25) is 0 Å². The molecule has 0 heterocycles. The van der Waals surface area contributed by atoms with E-state index in [0.717, 1.165) is 10.0 Å². The molecule has 1 aromatic carbocycles. The maximum Gasteiger partial charge on any atom is 0.389 e. The molecule has 0 amide bonds. The van der Waals surface area contributed by atoms with Gasteiger partial charge in [-0.3, -0.25) is 0 Å². The summed E-state index contributed by atoms with van der Waals surface area (Å²) in [6, 6.07) is 5.54. The second kappa shape index (κ2) is 6.45. The van der Waals surface area contributed by atoms with E-state index in [1.54, 1.807) is 6.07 Å². The molecule has 0 N–H and O–H groups in total. The molecule has 102 valence electrons. The van der Waals surface area contributed by atoms with Crippen LogP contribution in [0, 0.1) is 0 Å². The van der Waals surface area contributed by atoms with Crippen molar-refractivity contribution in [1.29, 1.82) is 0 Å². The molecule has 0 saturated heterocycles. The average Bonchev–Trinajstić information content (AvgIpc) is 2.24. The van der Waals surface area contributed by atoms with Gasteiger partial charge in [-0.15, -0.1) is 0 Å². The Morgan fingerprint density at radius 1 is 1.28 bits per heavy atom. The van der Waals surface area contributed by atoms with Gasteiger partial charge in [-0.1, -0.05) is 29.8 Å². The zero-order valence-corrected chi connectivity index (χ0v) is 11.9. The van der Waals surface area contributed by atoms with Crippen molar-refractivity contribution < 1.29 is 17.9 Å². The molecule has 0 bridgehead atoms. The van der Waals surface area contributed by atoms with E-state index in [4.69, 9.17) is 4.74 Å². The summed E-state index contributed by atoms with van der Waals surface area (Å²) in [5.74, 6) is 0.926. The van der Waals surface area contributed by atoms with Crippen LogP contribution in [-0.4, -0.2) is 12.8 Å². The molecule has 1 aromatic rings. The molecule has 0 unspecified atom stereocenters. The first-order valence-corrected chi connectivity index (χ1v) is 6.58. The number of halogens is 4. The Morgan fingerprint density at radius 3 is 2.50 bits per heavy atom. The lowest BCUT2D eigenvalue weighted by Gasteiger charge is -2.14. The predicted molar refractivity (Wildman–Crippen MR) is 69.0 cm³/mol. The minimum atomic E-state index is -4.11. The molecule has 0 aliphatic rings. The van der Waals surface area contributed by atoms with Crippen LogP contribution in [0.1, 0.15) is 38.2 Å². The Labute approximate surface area is 113 Å². The van der Waals surface area contributed by atoms with Crippen molar-refractivity contribution in [3.8, 4) is 5.75 Å². The largest absolute Gasteiger partial charge is 0.493 e. The van der Waals surface area contributed by atoms with E-state index in [2.05, 4.69) is 15.9 Å². The molecule has 0 aromatic heterocycles. The molecule has 1 rings (SSSR count). The van der Waals surface area contributed by atoms with Crippen LogP contribution in [-0.2, 0) is 0 Å². The first kappa shape index (κ1) is 15.3. The molecular formula is C13H16BrF3O. The van der Waals surface area contributed by atoms with Crippen molar-refractivity contribution >= 4 is 15.9 Å². The zero-order chi connectivity index (χ0) is 13.8. The molecule has 1 nitrogen and oxygen atoms in total. The quantitative estimate of drug-likeness (QED) is 0.668. The molecular weight excluding hydrogens is 309 g/mol. The first-order chi connectivity index (χ1) is 8.29. The highest BCUT2D eigenvalue weighted by atomic mass is 79.9. The molecule has 0 fully saturated rings. The summed E-state index contributed by atoms with van der Waals surface area (Å²) in [4.78, 5) is 0. The van der Waals surface area contributed by atoms with Crippen molar-refractivity contribution in [2.24, 2.45) is 0 Å². The lowest BCUT2D eigenvalue weighted by Crippen LogP contribution is -2.10. The molecule has 0 aliphatic carbocycles. The van der Waals surface area contributed by atoms with Gasteiger partial charge in [0, 0.05) is 10.9 Å². The SMILES string of the molecule is CC(C)c1cc(Br)ccc1OCCCC(F)(F)F. The summed E-state index contributed by atoms with van der Waals surface area (Å²) in [5, 5.41) is 0. The molecule has 0 radical (unpaired) electrons. The monoisotopic (exact) mass is 324 g/mol. The van der Waals surface area contributed by atoms with Crippen LogP contribution >= 0.6 is 15.9 Å². The fourth-order valence-corrected chi connectivity index (χ4v) is 1.94. The van der Waals surface area contributed by atoms with E-state index >= 15 is 0 Å². The van der Waals surface area contributed by atoms with Crippen molar-refractivity contribution in [2.45, 2.75) is 38.8 Å². The van der Waals surface area contributed by atoms with Gasteiger partial charge in [-0.2, -0.15) is 13.2 Å². The summed E-state index contributed by atoms with van der Waals surface area (Å²) < 4.78 is 42.3. The van der Waals surface area contributed by atoms with E-state index in [-0.39, 0.29) is 18.9 Å². The fourth-order valence-electron chi connectivity index (χ4n) is 1.56. The van der Waals surface area contributed by atoms with Gasteiger partial charge in [0.25, 0.3) is 0 Å². The Balaban J connectivity index is 2.57. The third kappa shape index (κ3) is 5.29. The highest BCUT2D eigenvalue weighted by Gasteiger charge is 2.26. The Bertz CT molecular complexity index is 388. The van der Waals surface area contributed by atoms with Gasteiger partial charge < -0.3 is 4.74 Å². The molecule has 0 spiro atoms. The maximum absolute atomic E-state index is 12.0. The van der Waals surface area contributed by atoms with Gasteiger partial charge in [0.1, 0.15) is 5.75 Å². The van der Waals surface area contributed by atoms with Crippen LogP contribution in [0.5, 0.6) is 5.75 Å². The van der Waals surface area contributed by atoms with E-state index in [1.165, 1.54) is 0 Å². The second-order valence-corrected chi connectivity index (χ2v) is 5.32. The van der Waals surface area contributed by atoms with Crippen molar-refractivity contribution in [3.63, 3.8) is 0 Å². The Hall–Kier alpha value is -0.710. The fraction of sp³-hybridized carbons (Fsp3) is 0.538. The van der Waals surface area contributed by atoms with Crippen molar-refractivity contribution in [1.82, 2.24) is 0 Å². The minimum Gasteiger partial charge on any atom is -0.493 e. The van der Waals surface area contributed by atoms with Crippen LogP contribution in [0.15, 0.2) is 22.7 Å². The van der Waals surface area contributed by atoms with Crippen LogP contribution in [0.25, 0.3) is 0 Å². The van der Waals surface area contributed by atoms with Crippen molar-refractivity contribution in [3.05, 3.63) is 28.2 Å². The highest BCUT2D eigenvalue weighted by molar-refractivity contribution is 9.10. The zero-order valence-electron chi connectivity index (χ0n) is 10.4. The Morgan fingerprint density at radius 2 is 1.94 bits per heavy atom. The minimum absolute atomic E-state index is 0.0168. The van der Waals surface area contributed by atoms with Crippen LogP contribution < -0.4 is 4.74 Å². The Kier molecular flexibility index (Phi) is 5.50. The summed E-state index contributed by atoms with van der Waals surface area (Å²) in [6.07, 6.45) is -4.93. The molecule has 18 heavy (non-hydrogen) atoms. The first-order valence-electron chi connectivity index (χ1n) is 5.78. The molecule has 5 heteroatoms. The smallest absolute Gasteiger partial charge is 0.389 e. The normalized spacial score (nSPS) is 11.9. The lowest BCUT2D eigenvalue weighted by molar-refractivity contribution is -0.136. The lowest BCUT2D eigenvalue weighted by atomic mass is 10.0. The summed E-state index contributed by atoms with van der Waals surface area (Å²) in [6.45, 7) is 4.12. The van der Waals surface area contributed by atoms with Gasteiger partial charge in [0.05, 0.1) is 6.61 Å². The van der Waals surface area contributed by atoms with Gasteiger partial charge in [0.2, 0.25) is 0 Å². The van der Waals surface area contributed by atoms with E-state index in [9.17, 15) is 13.2 Å². The third-order valence-corrected chi connectivity index (χ3v) is 2.95. The molecule has 0 saturated carbocycles. The number of benzene rings is 1. The number of alkyl halides is 3. The van der Waals surface area contributed by atoms with Gasteiger partial charge in [-0.05, 0) is 36.1 Å². The molecule has 0 aliphatic heterocycles. The summed E-state index contributed by atoms with van der Waals surface area (Å²) in [5.41, 5.74) is 0.997. The summed E-state index contributed by atoms with van der Waals surface area (Å²) >= 11 is 3.37.